The van der Waals surface area contributed by atoms with Crippen molar-refractivity contribution < 1.29 is 37.0 Å². The molecular formula is C41H51F3N8O5S. The Morgan fingerprint density at radius 1 is 0.948 bits per heavy atom. The largest absolute Gasteiger partial charge is 0.494 e. The molecule has 2 aliphatic rings. The third kappa shape index (κ3) is 11.8. The monoisotopic (exact) mass is 824 g/mol. The number of aromatic nitrogens is 4. The predicted octanol–water partition coefficient (Wildman–Crippen LogP) is 7.66. The number of ether oxygens (including phenoxy) is 3. The Hall–Kier alpha value is -5.03. The van der Waals surface area contributed by atoms with E-state index >= 15 is 0 Å². The van der Waals surface area contributed by atoms with Crippen molar-refractivity contribution in [3.63, 3.8) is 0 Å². The molecule has 2 N–H and O–H groups in total. The van der Waals surface area contributed by atoms with Crippen LogP contribution in [0, 0.1) is 6.92 Å². The van der Waals surface area contributed by atoms with Gasteiger partial charge in [-0.2, -0.15) is 22.9 Å². The molecule has 2 aromatic heterocycles. The quantitative estimate of drug-likeness (QED) is 0.116. The summed E-state index contributed by atoms with van der Waals surface area (Å²) in [5.74, 6) is 0.720. The number of halogens is 3. The summed E-state index contributed by atoms with van der Waals surface area (Å²) < 4.78 is 58.0. The molecule has 4 heterocycles. The summed E-state index contributed by atoms with van der Waals surface area (Å²) in [6.45, 7) is 10.5. The van der Waals surface area contributed by atoms with Gasteiger partial charge in [0.1, 0.15) is 17.2 Å². The number of likely N-dealkylation sites (tertiary alicyclic amines) is 1. The van der Waals surface area contributed by atoms with Gasteiger partial charge >= 0.3 is 12.3 Å². The topological polar surface area (TPSA) is 145 Å². The van der Waals surface area contributed by atoms with Gasteiger partial charge in [0.05, 0.1) is 41.8 Å². The van der Waals surface area contributed by atoms with Crippen LogP contribution < -0.4 is 15.4 Å². The van der Waals surface area contributed by atoms with Gasteiger partial charge in [-0.15, -0.1) is 21.5 Å². The number of carbonyl (C=O) groups is 2. The van der Waals surface area contributed by atoms with Crippen LogP contribution >= 0.6 is 11.3 Å². The summed E-state index contributed by atoms with van der Waals surface area (Å²) in [5, 5.41) is 17.0. The number of carbonyl (C=O) groups excluding carboxylic acids is 2. The van der Waals surface area contributed by atoms with Gasteiger partial charge in [0.15, 0.2) is 5.82 Å². The van der Waals surface area contributed by atoms with Gasteiger partial charge in [0.25, 0.3) is 5.82 Å². The molecule has 13 nitrogen and oxygen atoms in total. The molecule has 6 rings (SSSR count). The lowest BCUT2D eigenvalue weighted by atomic mass is 9.89. The maximum absolute atomic E-state index is 13.3. The number of unbranched alkanes of at least 4 members (excludes halogenated alkanes) is 1. The number of nitrogens with one attached hydrogen (secondary N) is 2. The number of nitrogens with zero attached hydrogens (tertiary/aromatic N) is 6. The van der Waals surface area contributed by atoms with Crippen LogP contribution in [0.15, 0.2) is 59.1 Å². The third-order valence-corrected chi connectivity index (χ3v) is 10.9. The number of piperidine rings is 1. The minimum Gasteiger partial charge on any atom is -0.494 e. The molecule has 1 saturated heterocycles. The molecule has 1 fully saturated rings. The highest BCUT2D eigenvalue weighted by atomic mass is 32.1. The highest BCUT2D eigenvalue weighted by molar-refractivity contribution is 7.13. The first-order valence-corrected chi connectivity index (χ1v) is 20.5. The first-order chi connectivity index (χ1) is 27.7. The summed E-state index contributed by atoms with van der Waals surface area (Å²) >= 11 is 1.56. The highest BCUT2D eigenvalue weighted by Crippen LogP contribution is 2.33. The summed E-state index contributed by atoms with van der Waals surface area (Å²) in [7, 11) is 0. The van der Waals surface area contributed by atoms with Gasteiger partial charge in [-0.3, -0.25) is 4.79 Å². The van der Waals surface area contributed by atoms with E-state index in [4.69, 9.17) is 14.2 Å². The number of fused-ring (bicyclic) bond motifs is 1. The maximum atomic E-state index is 13.3. The fourth-order valence-corrected chi connectivity index (χ4v) is 7.75. The van der Waals surface area contributed by atoms with E-state index in [0.29, 0.717) is 64.1 Å². The van der Waals surface area contributed by atoms with E-state index in [0.717, 1.165) is 57.8 Å². The molecule has 4 aromatic rings. The van der Waals surface area contributed by atoms with E-state index in [1.807, 2.05) is 48.8 Å². The normalized spacial score (nSPS) is 15.4. The van der Waals surface area contributed by atoms with Crippen molar-refractivity contribution in [2.24, 2.45) is 5.10 Å². The second kappa shape index (κ2) is 19.1. The molecule has 312 valence electrons. The van der Waals surface area contributed by atoms with Gasteiger partial charge in [-0.1, -0.05) is 36.4 Å². The number of hydrogen-bond donors (Lipinski definition) is 2. The second-order valence-corrected chi connectivity index (χ2v) is 16.3. The zero-order valence-corrected chi connectivity index (χ0v) is 34.1. The van der Waals surface area contributed by atoms with Crippen LogP contribution in [0.5, 0.6) is 5.75 Å². The van der Waals surface area contributed by atoms with Gasteiger partial charge in [0, 0.05) is 39.1 Å². The van der Waals surface area contributed by atoms with Crippen molar-refractivity contribution in [3.05, 3.63) is 82.5 Å². The number of amides is 2. The molecule has 0 aliphatic carbocycles. The van der Waals surface area contributed by atoms with Crippen molar-refractivity contribution >= 4 is 29.2 Å². The average molecular weight is 825 g/mol. The lowest BCUT2D eigenvalue weighted by molar-refractivity contribution is -0.147. The van der Waals surface area contributed by atoms with E-state index in [-0.39, 0.29) is 18.2 Å². The Bertz CT molecular complexity index is 2000. The van der Waals surface area contributed by atoms with E-state index in [2.05, 4.69) is 47.9 Å². The second-order valence-electron chi connectivity index (χ2n) is 15.4. The van der Waals surface area contributed by atoms with E-state index < -0.39 is 29.7 Å². The molecule has 2 amide bonds. The number of thiazole rings is 1. The Labute approximate surface area is 340 Å². The van der Waals surface area contributed by atoms with Crippen LogP contribution in [0.4, 0.5) is 18.0 Å². The summed E-state index contributed by atoms with van der Waals surface area (Å²) in [6, 6.07) is 15.3. The molecule has 17 heteroatoms. The van der Waals surface area contributed by atoms with Crippen LogP contribution in [0.1, 0.15) is 99.7 Å². The zero-order chi connectivity index (χ0) is 41.3. The molecule has 2 aromatic carbocycles. The van der Waals surface area contributed by atoms with Gasteiger partial charge in [0.2, 0.25) is 5.91 Å². The standard InChI is InChI=1S/C41H51F3N8O5S/c1-27-37(58-26-46-27)31-9-7-30(8-10-31)33(47-39(54)57-40(2,3)4)25-36(53)45-19-24-55-22-5-6-23-56-32-13-11-28(12-14-32)29-17-20-51(21-18-29)35-16-15-34-48-49-38(41(42,43)44)52(34)50-35/h7-14,26,29,33H,5-6,15-25H2,1-4H3,(H,45,53)(H,47,54)/t33-/m0/s1. The number of alkyl halides is 3. The summed E-state index contributed by atoms with van der Waals surface area (Å²) in [4.78, 5) is 33.0. The molecule has 0 radical (unpaired) electrons. The molecule has 0 unspecified atom stereocenters. The summed E-state index contributed by atoms with van der Waals surface area (Å²) in [5.41, 5.74) is 5.10. The van der Waals surface area contributed by atoms with E-state index in [9.17, 15) is 22.8 Å². The fraction of sp³-hybridized carbons (Fsp3) is 0.512. The van der Waals surface area contributed by atoms with Crippen molar-refractivity contribution in [2.45, 2.75) is 96.4 Å². The van der Waals surface area contributed by atoms with Crippen molar-refractivity contribution in [3.8, 4) is 16.2 Å². The van der Waals surface area contributed by atoms with Crippen molar-refractivity contribution in [1.29, 1.82) is 0 Å². The lowest BCUT2D eigenvalue weighted by Crippen LogP contribution is -2.40. The molecule has 0 spiro atoms. The minimum absolute atomic E-state index is 0.0377. The lowest BCUT2D eigenvalue weighted by Gasteiger charge is -2.35. The van der Waals surface area contributed by atoms with Crippen LogP contribution in [0.2, 0.25) is 0 Å². The average Bonchev–Trinajstić information content (AvgIpc) is 3.83. The number of benzene rings is 2. The first kappa shape index (κ1) is 42.6. The van der Waals surface area contributed by atoms with E-state index in [1.54, 1.807) is 32.1 Å². The summed E-state index contributed by atoms with van der Waals surface area (Å²) in [6.07, 6.45) is -0.892. The predicted molar refractivity (Wildman–Crippen MR) is 214 cm³/mol. The molecule has 58 heavy (non-hydrogen) atoms. The number of hydrogen-bond acceptors (Lipinski definition) is 11. The molecule has 0 saturated carbocycles. The Morgan fingerprint density at radius 3 is 2.34 bits per heavy atom. The van der Waals surface area contributed by atoms with E-state index in [1.165, 1.54) is 5.56 Å². The van der Waals surface area contributed by atoms with Gasteiger partial charge < -0.3 is 29.7 Å². The SMILES string of the molecule is Cc1ncsc1-c1ccc([C@H](CC(=O)NCCOCCCCOc2ccc(C3CCN(C4=Nn5c(nnc5C(F)(F)F)CC4)CC3)cc2)NC(=O)OC(C)(C)C)cc1. The molecular weight excluding hydrogens is 774 g/mol. The van der Waals surface area contributed by atoms with Crippen LogP contribution in [0.3, 0.4) is 0 Å². The first-order valence-electron chi connectivity index (χ1n) is 19.6. The van der Waals surface area contributed by atoms with Crippen LogP contribution in [-0.4, -0.2) is 87.6 Å². The third-order valence-electron chi connectivity index (χ3n) is 9.88. The van der Waals surface area contributed by atoms with Crippen LogP contribution in [0.25, 0.3) is 10.4 Å². The zero-order valence-electron chi connectivity index (χ0n) is 33.3. The minimum atomic E-state index is -4.60. The van der Waals surface area contributed by atoms with Crippen LogP contribution in [-0.2, 0) is 26.9 Å². The smallest absolute Gasteiger partial charge is 0.453 e. The highest BCUT2D eigenvalue weighted by Gasteiger charge is 2.40. The maximum Gasteiger partial charge on any atom is 0.453 e. The Balaban J connectivity index is 0.855. The molecule has 2 aliphatic heterocycles. The Kier molecular flexibility index (Phi) is 14.1. The number of aryl methyl sites for hydroxylation is 2. The van der Waals surface area contributed by atoms with Crippen molar-refractivity contribution in [2.75, 3.05) is 39.5 Å². The number of rotatable bonds is 15. The van der Waals surface area contributed by atoms with Gasteiger partial charge in [-0.25, -0.2) is 9.78 Å². The number of amidine groups is 1. The molecule has 0 bridgehead atoms. The molecule has 1 atom stereocenters. The number of alkyl carbamates (subject to hydrolysis) is 1. The van der Waals surface area contributed by atoms with Crippen molar-refractivity contribution in [1.82, 2.24) is 35.4 Å². The fourth-order valence-electron chi connectivity index (χ4n) is 6.93. The van der Waals surface area contributed by atoms with Gasteiger partial charge in [-0.05, 0) is 88.1 Å². The Morgan fingerprint density at radius 2 is 1.67 bits per heavy atom.